The van der Waals surface area contributed by atoms with Gasteiger partial charge >= 0.3 is 0 Å². The number of sulfonamides is 1. The Morgan fingerprint density at radius 3 is 2.38 bits per heavy atom. The highest BCUT2D eigenvalue weighted by molar-refractivity contribution is 7.89. The van der Waals surface area contributed by atoms with Gasteiger partial charge in [-0.15, -0.1) is 0 Å². The zero-order valence-electron chi connectivity index (χ0n) is 12.4. The molecule has 0 bridgehead atoms. The first-order valence-corrected chi connectivity index (χ1v) is 8.28. The van der Waals surface area contributed by atoms with Crippen molar-refractivity contribution in [3.63, 3.8) is 0 Å². The summed E-state index contributed by atoms with van der Waals surface area (Å²) in [5, 5.41) is 3.19. The van der Waals surface area contributed by atoms with Crippen molar-refractivity contribution in [2.75, 3.05) is 11.9 Å². The minimum atomic E-state index is -3.55. The number of hydrogen-bond acceptors (Lipinski definition) is 4. The molecule has 5 nitrogen and oxygen atoms in total. The van der Waals surface area contributed by atoms with Crippen molar-refractivity contribution >= 4 is 15.7 Å². The Morgan fingerprint density at radius 2 is 1.86 bits per heavy atom. The first-order chi connectivity index (χ1) is 9.94. The summed E-state index contributed by atoms with van der Waals surface area (Å²) < 4.78 is 32.5. The molecule has 0 aliphatic carbocycles. The highest BCUT2D eigenvalue weighted by Crippen LogP contribution is 2.24. The molecule has 0 fully saturated rings. The standard InChI is InChI=1S/C15H20N2O3S/c1-4-16-14-7-11(2)15(12(3)8-14)21(18,19)17-9-13-5-6-20-10-13/h5-8,10,16-17H,4,9H2,1-3H3. The fourth-order valence-electron chi connectivity index (χ4n) is 2.32. The van der Waals surface area contributed by atoms with Crippen LogP contribution in [0.15, 0.2) is 40.0 Å². The van der Waals surface area contributed by atoms with Crippen LogP contribution < -0.4 is 10.0 Å². The maximum absolute atomic E-state index is 12.5. The van der Waals surface area contributed by atoms with Gasteiger partial charge < -0.3 is 9.73 Å². The van der Waals surface area contributed by atoms with E-state index in [1.165, 1.54) is 12.5 Å². The van der Waals surface area contributed by atoms with Crippen molar-refractivity contribution in [3.05, 3.63) is 47.4 Å². The maximum atomic E-state index is 12.5. The van der Waals surface area contributed by atoms with Crippen LogP contribution in [-0.2, 0) is 16.6 Å². The first-order valence-electron chi connectivity index (χ1n) is 6.80. The third-order valence-corrected chi connectivity index (χ3v) is 4.86. The van der Waals surface area contributed by atoms with E-state index in [0.717, 1.165) is 28.9 Å². The van der Waals surface area contributed by atoms with Crippen molar-refractivity contribution < 1.29 is 12.8 Å². The molecular weight excluding hydrogens is 288 g/mol. The molecule has 0 aliphatic heterocycles. The van der Waals surface area contributed by atoms with Crippen LogP contribution in [0, 0.1) is 13.8 Å². The molecule has 0 aliphatic rings. The van der Waals surface area contributed by atoms with Gasteiger partial charge in [0.2, 0.25) is 10.0 Å². The summed E-state index contributed by atoms with van der Waals surface area (Å²) in [4.78, 5) is 0.340. The number of furan rings is 1. The molecule has 1 aromatic carbocycles. The summed E-state index contributed by atoms with van der Waals surface area (Å²) in [6.45, 7) is 6.62. The van der Waals surface area contributed by atoms with E-state index in [9.17, 15) is 8.42 Å². The molecule has 0 amide bonds. The molecule has 21 heavy (non-hydrogen) atoms. The topological polar surface area (TPSA) is 71.3 Å². The van der Waals surface area contributed by atoms with Gasteiger partial charge in [0.15, 0.2) is 0 Å². The number of benzene rings is 1. The van der Waals surface area contributed by atoms with Crippen molar-refractivity contribution in [2.24, 2.45) is 0 Å². The number of aryl methyl sites for hydroxylation is 2. The second kappa shape index (κ2) is 6.32. The zero-order chi connectivity index (χ0) is 15.5. The van der Waals surface area contributed by atoms with Gasteiger partial charge in [-0.25, -0.2) is 13.1 Å². The molecule has 1 aromatic heterocycles. The molecular formula is C15H20N2O3S. The molecule has 0 atom stereocenters. The summed E-state index contributed by atoms with van der Waals surface area (Å²) in [7, 11) is -3.55. The molecule has 0 saturated heterocycles. The first kappa shape index (κ1) is 15.6. The summed E-state index contributed by atoms with van der Waals surface area (Å²) in [6.07, 6.45) is 3.04. The van der Waals surface area contributed by atoms with Crippen molar-refractivity contribution in [1.29, 1.82) is 0 Å². The molecule has 0 saturated carbocycles. The van der Waals surface area contributed by atoms with Crippen LogP contribution in [0.5, 0.6) is 0 Å². The minimum absolute atomic E-state index is 0.215. The number of hydrogen-bond donors (Lipinski definition) is 2. The van der Waals surface area contributed by atoms with Gasteiger partial charge in [-0.2, -0.15) is 0 Å². The maximum Gasteiger partial charge on any atom is 0.241 e. The summed E-state index contributed by atoms with van der Waals surface area (Å²) in [5.74, 6) is 0. The number of rotatable bonds is 6. The molecule has 2 aromatic rings. The van der Waals surface area contributed by atoms with E-state index in [1.807, 2.05) is 19.1 Å². The van der Waals surface area contributed by atoms with Crippen molar-refractivity contribution in [1.82, 2.24) is 4.72 Å². The van der Waals surface area contributed by atoms with E-state index in [-0.39, 0.29) is 6.54 Å². The Bertz CT molecular complexity index is 684. The van der Waals surface area contributed by atoms with Gasteiger partial charge in [-0.05, 0) is 50.1 Å². The zero-order valence-corrected chi connectivity index (χ0v) is 13.3. The fraction of sp³-hybridized carbons (Fsp3) is 0.333. The monoisotopic (exact) mass is 308 g/mol. The van der Waals surface area contributed by atoms with Crippen LogP contribution in [0.4, 0.5) is 5.69 Å². The van der Waals surface area contributed by atoms with Gasteiger partial charge in [0.1, 0.15) is 0 Å². The van der Waals surface area contributed by atoms with Gasteiger partial charge in [0, 0.05) is 24.3 Å². The second-order valence-electron chi connectivity index (χ2n) is 4.93. The van der Waals surface area contributed by atoms with E-state index in [4.69, 9.17) is 4.42 Å². The summed E-state index contributed by atoms with van der Waals surface area (Å²) in [5.41, 5.74) is 3.18. The second-order valence-corrected chi connectivity index (χ2v) is 6.63. The third kappa shape index (κ3) is 3.65. The molecule has 6 heteroatoms. The van der Waals surface area contributed by atoms with Gasteiger partial charge in [0.25, 0.3) is 0 Å². The third-order valence-electron chi connectivity index (χ3n) is 3.16. The van der Waals surface area contributed by atoms with E-state index >= 15 is 0 Å². The molecule has 2 N–H and O–H groups in total. The largest absolute Gasteiger partial charge is 0.472 e. The molecule has 1 heterocycles. The average molecular weight is 308 g/mol. The normalized spacial score (nSPS) is 11.6. The molecule has 0 radical (unpaired) electrons. The highest BCUT2D eigenvalue weighted by atomic mass is 32.2. The summed E-state index contributed by atoms with van der Waals surface area (Å²) >= 11 is 0. The Hall–Kier alpha value is -1.79. The van der Waals surface area contributed by atoms with Crippen LogP contribution in [0.25, 0.3) is 0 Å². The van der Waals surface area contributed by atoms with E-state index in [1.54, 1.807) is 19.9 Å². The van der Waals surface area contributed by atoms with Crippen LogP contribution >= 0.6 is 0 Å². The quantitative estimate of drug-likeness (QED) is 0.861. The van der Waals surface area contributed by atoms with Crippen molar-refractivity contribution in [2.45, 2.75) is 32.2 Å². The van der Waals surface area contributed by atoms with Gasteiger partial charge in [0.05, 0.1) is 17.4 Å². The minimum Gasteiger partial charge on any atom is -0.472 e. The Balaban J connectivity index is 2.27. The van der Waals surface area contributed by atoms with Crippen LogP contribution in [-0.4, -0.2) is 15.0 Å². The van der Waals surface area contributed by atoms with Crippen LogP contribution in [0.3, 0.4) is 0 Å². The highest BCUT2D eigenvalue weighted by Gasteiger charge is 2.20. The number of anilines is 1. The average Bonchev–Trinajstić information content (AvgIpc) is 2.88. The molecule has 114 valence electrons. The lowest BCUT2D eigenvalue weighted by atomic mass is 10.1. The van der Waals surface area contributed by atoms with E-state index in [0.29, 0.717) is 4.90 Å². The smallest absolute Gasteiger partial charge is 0.241 e. The number of nitrogens with one attached hydrogen (secondary N) is 2. The predicted molar refractivity (Wildman–Crippen MR) is 82.8 cm³/mol. The van der Waals surface area contributed by atoms with Crippen LogP contribution in [0.1, 0.15) is 23.6 Å². The molecule has 2 rings (SSSR count). The molecule has 0 spiro atoms. The summed E-state index contributed by atoms with van der Waals surface area (Å²) in [6, 6.07) is 5.43. The Morgan fingerprint density at radius 1 is 1.19 bits per heavy atom. The lowest BCUT2D eigenvalue weighted by Gasteiger charge is -2.14. The SMILES string of the molecule is CCNc1cc(C)c(S(=O)(=O)NCc2ccoc2)c(C)c1. The molecule has 0 unspecified atom stereocenters. The fourth-order valence-corrected chi connectivity index (χ4v) is 3.79. The van der Waals surface area contributed by atoms with E-state index < -0.39 is 10.0 Å². The predicted octanol–water partition coefficient (Wildman–Crippen LogP) is 2.81. The van der Waals surface area contributed by atoms with Crippen molar-refractivity contribution in [3.8, 4) is 0 Å². The van der Waals surface area contributed by atoms with Gasteiger partial charge in [-0.1, -0.05) is 0 Å². The lowest BCUT2D eigenvalue weighted by molar-refractivity contribution is 0.561. The lowest BCUT2D eigenvalue weighted by Crippen LogP contribution is -2.24. The van der Waals surface area contributed by atoms with Crippen LogP contribution in [0.2, 0.25) is 0 Å². The van der Waals surface area contributed by atoms with Gasteiger partial charge in [-0.3, -0.25) is 0 Å². The Labute approximate surface area is 125 Å². The van der Waals surface area contributed by atoms with E-state index in [2.05, 4.69) is 10.0 Å². The Kier molecular flexibility index (Phi) is 4.69.